The van der Waals surface area contributed by atoms with E-state index >= 15 is 0 Å². The van der Waals surface area contributed by atoms with E-state index in [2.05, 4.69) is 158 Å². The van der Waals surface area contributed by atoms with Crippen LogP contribution in [0.25, 0.3) is 94.2 Å². The molecule has 50 heavy (non-hydrogen) atoms. The molecule has 2 aromatic heterocycles. The minimum absolute atomic E-state index is 0.683. The van der Waals surface area contributed by atoms with Crippen molar-refractivity contribution in [3.63, 3.8) is 0 Å². The molecular formula is C46H29N3O. The fourth-order valence-corrected chi connectivity index (χ4v) is 7.22. The zero-order valence-corrected chi connectivity index (χ0v) is 27.0. The second kappa shape index (κ2) is 11.4. The molecule has 4 heteroatoms. The average molecular weight is 640 g/mol. The second-order valence-corrected chi connectivity index (χ2v) is 12.7. The number of rotatable bonds is 5. The predicted molar refractivity (Wildman–Crippen MR) is 205 cm³/mol. The number of nitrogens with zero attached hydrogens (tertiary/aromatic N) is 3. The second-order valence-electron chi connectivity index (χ2n) is 12.7. The van der Waals surface area contributed by atoms with E-state index in [4.69, 9.17) is 14.5 Å². The van der Waals surface area contributed by atoms with Gasteiger partial charge >= 0.3 is 0 Å². The van der Waals surface area contributed by atoms with Gasteiger partial charge in [0.1, 0.15) is 11.3 Å². The van der Waals surface area contributed by atoms with Gasteiger partial charge in [0.25, 0.3) is 0 Å². The minimum atomic E-state index is 0.683. The topological polar surface area (TPSA) is 43.9 Å². The van der Waals surface area contributed by atoms with Crippen molar-refractivity contribution in [2.45, 2.75) is 0 Å². The summed E-state index contributed by atoms with van der Waals surface area (Å²) in [6, 6.07) is 61.5. The molecule has 0 atom stereocenters. The van der Waals surface area contributed by atoms with Gasteiger partial charge in [0.05, 0.1) is 5.69 Å². The summed E-state index contributed by atoms with van der Waals surface area (Å²) < 4.78 is 8.12. The van der Waals surface area contributed by atoms with Crippen LogP contribution in [-0.4, -0.2) is 14.8 Å². The van der Waals surface area contributed by atoms with Crippen LogP contribution < -0.4 is 0 Å². The van der Waals surface area contributed by atoms with E-state index in [-0.39, 0.29) is 0 Å². The van der Waals surface area contributed by atoms with E-state index in [1.807, 2.05) is 22.9 Å². The van der Waals surface area contributed by atoms with Crippen LogP contribution in [0.5, 0.6) is 0 Å². The molecule has 0 aliphatic carbocycles. The highest BCUT2D eigenvalue weighted by atomic mass is 16.3. The maximum atomic E-state index is 6.16. The Kier molecular flexibility index (Phi) is 6.46. The van der Waals surface area contributed by atoms with Crippen molar-refractivity contribution in [3.8, 4) is 50.9 Å². The third kappa shape index (κ3) is 4.69. The molecule has 4 nitrogen and oxygen atoms in total. The molecule has 234 valence electrons. The molecule has 0 saturated carbocycles. The number of aromatic nitrogens is 3. The lowest BCUT2D eigenvalue weighted by Gasteiger charge is -2.13. The van der Waals surface area contributed by atoms with Crippen LogP contribution in [-0.2, 0) is 0 Å². The maximum Gasteiger partial charge on any atom is 0.182 e. The van der Waals surface area contributed by atoms with Crippen molar-refractivity contribution in [2.75, 3.05) is 0 Å². The summed E-state index contributed by atoms with van der Waals surface area (Å²) in [5.41, 5.74) is 7.20. The van der Waals surface area contributed by atoms with Crippen LogP contribution in [0.2, 0.25) is 0 Å². The molecule has 8 aromatic carbocycles. The molecule has 0 aliphatic heterocycles. The van der Waals surface area contributed by atoms with Gasteiger partial charge in [-0.1, -0.05) is 133 Å². The third-order valence-electron chi connectivity index (χ3n) is 9.66. The van der Waals surface area contributed by atoms with Crippen molar-refractivity contribution in [1.29, 1.82) is 0 Å². The van der Waals surface area contributed by atoms with Crippen LogP contribution in [0.3, 0.4) is 0 Å². The number of furan rings is 1. The molecular weight excluding hydrogens is 611 g/mol. The van der Waals surface area contributed by atoms with Crippen LogP contribution in [0.1, 0.15) is 0 Å². The van der Waals surface area contributed by atoms with Crippen LogP contribution in [0, 0.1) is 0 Å². The molecule has 10 aromatic rings. The van der Waals surface area contributed by atoms with E-state index in [9.17, 15) is 0 Å². The Balaban J connectivity index is 1.11. The molecule has 0 unspecified atom stereocenters. The number of hydrogen-bond acceptors (Lipinski definition) is 3. The largest absolute Gasteiger partial charge is 0.456 e. The fraction of sp³-hybridized carbons (Fsp3) is 0. The van der Waals surface area contributed by atoms with Gasteiger partial charge in [-0.25, -0.2) is 9.67 Å². The number of fused-ring (bicyclic) bond motifs is 4. The SMILES string of the molecule is c1ccc2oc(-c3ccc(-n4nc(-c5cccc6ccccc56)nc4-c4ccc(-c5c6ccccc6cc6ccccc56)cc4)cc3)cc2c1. The first kappa shape index (κ1) is 28.3. The smallest absolute Gasteiger partial charge is 0.182 e. The predicted octanol–water partition coefficient (Wildman–Crippen LogP) is 12.1. The molecule has 0 spiro atoms. The number of para-hydroxylation sites is 1. The number of benzene rings is 8. The van der Waals surface area contributed by atoms with Gasteiger partial charge in [-0.05, 0) is 85.9 Å². The lowest BCUT2D eigenvalue weighted by atomic mass is 9.92. The summed E-state index contributed by atoms with van der Waals surface area (Å²) in [6.45, 7) is 0. The van der Waals surface area contributed by atoms with Crippen molar-refractivity contribution in [2.24, 2.45) is 0 Å². The average Bonchev–Trinajstić information content (AvgIpc) is 3.83. The molecule has 0 fully saturated rings. The maximum absolute atomic E-state index is 6.16. The molecule has 0 bridgehead atoms. The molecule has 2 heterocycles. The molecule has 0 saturated heterocycles. The molecule has 10 rings (SSSR count). The summed E-state index contributed by atoms with van der Waals surface area (Å²) in [6.07, 6.45) is 0. The van der Waals surface area contributed by atoms with Crippen molar-refractivity contribution >= 4 is 43.3 Å². The van der Waals surface area contributed by atoms with Gasteiger partial charge in [0.15, 0.2) is 11.6 Å². The van der Waals surface area contributed by atoms with Gasteiger partial charge in [0.2, 0.25) is 0 Å². The molecule has 0 radical (unpaired) electrons. The van der Waals surface area contributed by atoms with Crippen LogP contribution in [0.4, 0.5) is 0 Å². The molecule has 0 N–H and O–H groups in total. The Morgan fingerprint density at radius 1 is 0.440 bits per heavy atom. The fourth-order valence-electron chi connectivity index (χ4n) is 7.22. The highest BCUT2D eigenvalue weighted by Gasteiger charge is 2.18. The Bertz CT molecular complexity index is 2770. The number of hydrogen-bond donors (Lipinski definition) is 0. The van der Waals surface area contributed by atoms with Gasteiger partial charge in [-0.15, -0.1) is 5.10 Å². The Labute approximate surface area is 288 Å². The first-order chi connectivity index (χ1) is 24.8. The standard InChI is InChI=1S/C46H29N3O/c1-5-15-38-30(10-1)14-9-18-41(38)45-47-46(49(48-45)37-26-24-31(25-27-37)43-29-36-13-4-8-19-42(36)50-43)33-22-20-32(21-23-33)44-39-16-6-2-11-34(39)28-35-12-3-7-17-40(35)44/h1-29H. The van der Waals surface area contributed by atoms with Crippen molar-refractivity contribution in [1.82, 2.24) is 14.8 Å². The monoisotopic (exact) mass is 639 g/mol. The van der Waals surface area contributed by atoms with Gasteiger partial charge in [-0.3, -0.25) is 0 Å². The van der Waals surface area contributed by atoms with Gasteiger partial charge in [-0.2, -0.15) is 0 Å². The van der Waals surface area contributed by atoms with Crippen LogP contribution in [0.15, 0.2) is 180 Å². The van der Waals surface area contributed by atoms with E-state index < -0.39 is 0 Å². The van der Waals surface area contributed by atoms with Crippen LogP contribution >= 0.6 is 0 Å². The summed E-state index contributed by atoms with van der Waals surface area (Å²) in [7, 11) is 0. The molecule has 0 amide bonds. The normalized spacial score (nSPS) is 11.6. The van der Waals surface area contributed by atoms with E-state index in [1.54, 1.807) is 0 Å². The summed E-state index contributed by atoms with van der Waals surface area (Å²) in [5, 5.41) is 13.5. The summed E-state index contributed by atoms with van der Waals surface area (Å²) >= 11 is 0. The first-order valence-electron chi connectivity index (χ1n) is 16.8. The van der Waals surface area contributed by atoms with E-state index in [1.165, 1.54) is 27.1 Å². The molecule has 0 aliphatic rings. The summed E-state index contributed by atoms with van der Waals surface area (Å²) in [5.74, 6) is 2.30. The highest BCUT2D eigenvalue weighted by Crippen LogP contribution is 2.38. The lowest BCUT2D eigenvalue weighted by molar-refractivity contribution is 0.631. The van der Waals surface area contributed by atoms with E-state index in [0.717, 1.165) is 61.3 Å². The highest BCUT2D eigenvalue weighted by molar-refractivity contribution is 6.12. The quantitative estimate of drug-likeness (QED) is 0.176. The first-order valence-corrected chi connectivity index (χ1v) is 16.8. The zero-order valence-electron chi connectivity index (χ0n) is 27.0. The van der Waals surface area contributed by atoms with Crippen molar-refractivity contribution < 1.29 is 4.42 Å². The Hall–Kier alpha value is -6.78. The van der Waals surface area contributed by atoms with Gasteiger partial charge in [0, 0.05) is 22.1 Å². The van der Waals surface area contributed by atoms with E-state index in [0.29, 0.717) is 5.82 Å². The lowest BCUT2D eigenvalue weighted by Crippen LogP contribution is -2.00. The van der Waals surface area contributed by atoms with Gasteiger partial charge < -0.3 is 4.42 Å². The van der Waals surface area contributed by atoms with Crippen molar-refractivity contribution in [3.05, 3.63) is 176 Å². The third-order valence-corrected chi connectivity index (χ3v) is 9.66. The minimum Gasteiger partial charge on any atom is -0.456 e. The Morgan fingerprint density at radius 3 is 1.74 bits per heavy atom. The Morgan fingerprint density at radius 2 is 1.02 bits per heavy atom. The zero-order chi connectivity index (χ0) is 33.0. The summed E-state index contributed by atoms with van der Waals surface area (Å²) in [4.78, 5) is 5.22.